The molecular weight excluding hydrogens is 258 g/mol. The number of hydrogen-bond donors (Lipinski definition) is 2. The molecule has 0 saturated carbocycles. The molecular formula is C14H27N3OS. The predicted molar refractivity (Wildman–Crippen MR) is 83.6 cm³/mol. The molecule has 1 heterocycles. The number of amides is 1. The molecule has 1 amide bonds. The first-order valence-electron chi connectivity index (χ1n) is 6.83. The van der Waals surface area contributed by atoms with Crippen LogP contribution in [0, 0.1) is 10.8 Å². The SMILES string of the molecule is CNC(=O)C(C)(C)CN=C1NC(C(C)(C)C)CCS1. The number of nitrogens with one attached hydrogen (secondary N) is 2. The molecule has 5 heteroatoms. The Bertz CT molecular complexity index is 358. The number of thioether (sulfide) groups is 1. The summed E-state index contributed by atoms with van der Waals surface area (Å²) in [6, 6.07) is 0.454. The van der Waals surface area contributed by atoms with Crippen molar-refractivity contribution in [2.45, 2.75) is 47.1 Å². The maximum atomic E-state index is 11.7. The van der Waals surface area contributed by atoms with Gasteiger partial charge in [-0.05, 0) is 25.7 Å². The van der Waals surface area contributed by atoms with Gasteiger partial charge in [0.05, 0.1) is 12.0 Å². The molecule has 1 aliphatic heterocycles. The molecule has 1 unspecified atom stereocenters. The van der Waals surface area contributed by atoms with Crippen molar-refractivity contribution in [2.24, 2.45) is 15.8 Å². The first-order chi connectivity index (χ1) is 8.66. The molecule has 19 heavy (non-hydrogen) atoms. The van der Waals surface area contributed by atoms with Gasteiger partial charge in [-0.3, -0.25) is 9.79 Å². The zero-order valence-corrected chi connectivity index (χ0v) is 13.8. The van der Waals surface area contributed by atoms with Crippen LogP contribution in [0.5, 0.6) is 0 Å². The highest BCUT2D eigenvalue weighted by molar-refractivity contribution is 8.13. The Morgan fingerprint density at radius 2 is 2.05 bits per heavy atom. The molecule has 1 aliphatic rings. The molecule has 1 fully saturated rings. The Morgan fingerprint density at radius 3 is 2.58 bits per heavy atom. The average molecular weight is 285 g/mol. The summed E-state index contributed by atoms with van der Waals surface area (Å²) in [6.07, 6.45) is 1.16. The molecule has 0 spiro atoms. The van der Waals surface area contributed by atoms with Crippen molar-refractivity contribution in [2.75, 3.05) is 19.3 Å². The summed E-state index contributed by atoms with van der Waals surface area (Å²) in [7, 11) is 1.67. The van der Waals surface area contributed by atoms with Gasteiger partial charge in [-0.2, -0.15) is 0 Å². The van der Waals surface area contributed by atoms with E-state index in [1.165, 1.54) is 0 Å². The summed E-state index contributed by atoms with van der Waals surface area (Å²) < 4.78 is 0. The minimum Gasteiger partial charge on any atom is -0.362 e. The van der Waals surface area contributed by atoms with Crippen molar-refractivity contribution in [3.05, 3.63) is 0 Å². The van der Waals surface area contributed by atoms with E-state index in [9.17, 15) is 4.79 Å². The predicted octanol–water partition coefficient (Wildman–Crippen LogP) is 2.26. The standard InChI is InChI=1S/C14H27N3OS/c1-13(2,3)10-7-8-19-12(17-10)16-9-14(4,5)11(18)15-6/h10H,7-9H2,1-6H3,(H,15,18)(H,16,17). The van der Waals surface area contributed by atoms with E-state index in [0.29, 0.717) is 12.6 Å². The molecule has 1 atom stereocenters. The van der Waals surface area contributed by atoms with Crippen molar-refractivity contribution in [3.8, 4) is 0 Å². The Balaban J connectivity index is 2.65. The largest absolute Gasteiger partial charge is 0.362 e. The van der Waals surface area contributed by atoms with Crippen LogP contribution in [0.3, 0.4) is 0 Å². The first-order valence-corrected chi connectivity index (χ1v) is 7.81. The van der Waals surface area contributed by atoms with Crippen LogP contribution in [-0.2, 0) is 4.79 Å². The van der Waals surface area contributed by atoms with Crippen LogP contribution in [-0.4, -0.2) is 36.5 Å². The molecule has 0 bridgehead atoms. The number of amidine groups is 1. The summed E-state index contributed by atoms with van der Waals surface area (Å²) in [6.45, 7) is 11.1. The summed E-state index contributed by atoms with van der Waals surface area (Å²) in [5, 5.41) is 7.17. The number of hydrogen-bond acceptors (Lipinski definition) is 3. The zero-order chi connectivity index (χ0) is 14.7. The van der Waals surface area contributed by atoms with E-state index < -0.39 is 5.41 Å². The van der Waals surface area contributed by atoms with E-state index in [4.69, 9.17) is 0 Å². The molecule has 110 valence electrons. The lowest BCUT2D eigenvalue weighted by Gasteiger charge is -2.35. The number of nitrogens with zero attached hydrogens (tertiary/aromatic N) is 1. The summed E-state index contributed by atoms with van der Waals surface area (Å²) in [4.78, 5) is 16.3. The second-order valence-electron chi connectivity index (χ2n) is 6.78. The Kier molecular flexibility index (Phi) is 5.30. The third kappa shape index (κ3) is 4.71. The molecule has 0 aliphatic carbocycles. The van der Waals surface area contributed by atoms with Gasteiger partial charge < -0.3 is 10.6 Å². The Hall–Kier alpha value is -0.710. The Morgan fingerprint density at radius 1 is 1.42 bits per heavy atom. The third-order valence-electron chi connectivity index (χ3n) is 3.45. The average Bonchev–Trinajstić information content (AvgIpc) is 2.35. The van der Waals surface area contributed by atoms with Gasteiger partial charge in [0.2, 0.25) is 5.91 Å². The second-order valence-corrected chi connectivity index (χ2v) is 7.87. The van der Waals surface area contributed by atoms with Crippen LogP contribution < -0.4 is 10.6 Å². The fourth-order valence-electron chi connectivity index (χ4n) is 1.96. The normalized spacial score (nSPS) is 23.1. The third-order valence-corrected chi connectivity index (χ3v) is 4.41. The molecule has 0 aromatic rings. The maximum absolute atomic E-state index is 11.7. The maximum Gasteiger partial charge on any atom is 0.227 e. The zero-order valence-electron chi connectivity index (χ0n) is 13.0. The highest BCUT2D eigenvalue weighted by Crippen LogP contribution is 2.28. The second kappa shape index (κ2) is 6.16. The van der Waals surface area contributed by atoms with E-state index in [1.807, 2.05) is 13.8 Å². The quantitative estimate of drug-likeness (QED) is 0.836. The van der Waals surface area contributed by atoms with Crippen LogP contribution in [0.2, 0.25) is 0 Å². The van der Waals surface area contributed by atoms with Gasteiger partial charge in [-0.1, -0.05) is 32.5 Å². The van der Waals surface area contributed by atoms with Crippen molar-refractivity contribution in [1.82, 2.24) is 10.6 Å². The van der Waals surface area contributed by atoms with Gasteiger partial charge in [0.1, 0.15) is 0 Å². The highest BCUT2D eigenvalue weighted by atomic mass is 32.2. The molecule has 4 nitrogen and oxygen atoms in total. The molecule has 2 N–H and O–H groups in total. The monoisotopic (exact) mass is 285 g/mol. The lowest BCUT2D eigenvalue weighted by molar-refractivity contribution is -0.128. The topological polar surface area (TPSA) is 53.5 Å². The van der Waals surface area contributed by atoms with E-state index in [1.54, 1.807) is 18.8 Å². The van der Waals surface area contributed by atoms with Crippen LogP contribution in [0.1, 0.15) is 41.0 Å². The fourth-order valence-corrected chi connectivity index (χ4v) is 2.89. The number of rotatable bonds is 3. The smallest absolute Gasteiger partial charge is 0.227 e. The van der Waals surface area contributed by atoms with E-state index in [0.717, 1.165) is 17.3 Å². The minimum absolute atomic E-state index is 0.0324. The number of carbonyl (C=O) groups excluding carboxylic acids is 1. The van der Waals surface area contributed by atoms with Crippen LogP contribution in [0.25, 0.3) is 0 Å². The summed E-state index contributed by atoms with van der Waals surface area (Å²) >= 11 is 1.75. The summed E-state index contributed by atoms with van der Waals surface area (Å²) in [5.41, 5.74) is -0.225. The van der Waals surface area contributed by atoms with Gasteiger partial charge in [0.15, 0.2) is 5.17 Å². The van der Waals surface area contributed by atoms with Crippen molar-refractivity contribution in [1.29, 1.82) is 0 Å². The van der Waals surface area contributed by atoms with Gasteiger partial charge in [0, 0.05) is 18.8 Å². The molecule has 1 saturated heterocycles. The van der Waals surface area contributed by atoms with E-state index in [2.05, 4.69) is 36.4 Å². The van der Waals surface area contributed by atoms with Crippen molar-refractivity contribution >= 4 is 22.8 Å². The molecule has 1 rings (SSSR count). The van der Waals surface area contributed by atoms with Crippen LogP contribution in [0.15, 0.2) is 4.99 Å². The van der Waals surface area contributed by atoms with Gasteiger partial charge in [-0.15, -0.1) is 0 Å². The molecule has 0 aromatic heterocycles. The van der Waals surface area contributed by atoms with E-state index >= 15 is 0 Å². The van der Waals surface area contributed by atoms with Gasteiger partial charge in [-0.25, -0.2) is 0 Å². The lowest BCUT2D eigenvalue weighted by Crippen LogP contribution is -2.46. The van der Waals surface area contributed by atoms with Gasteiger partial charge in [0.25, 0.3) is 0 Å². The van der Waals surface area contributed by atoms with Crippen LogP contribution in [0.4, 0.5) is 0 Å². The summed E-state index contributed by atoms with van der Waals surface area (Å²) in [5.74, 6) is 1.12. The first kappa shape index (κ1) is 16.3. The number of carbonyl (C=O) groups is 1. The molecule has 0 radical (unpaired) electrons. The van der Waals surface area contributed by atoms with Crippen molar-refractivity contribution < 1.29 is 4.79 Å². The van der Waals surface area contributed by atoms with Gasteiger partial charge >= 0.3 is 0 Å². The molecule has 0 aromatic carbocycles. The Labute approximate surface area is 121 Å². The van der Waals surface area contributed by atoms with E-state index in [-0.39, 0.29) is 11.3 Å². The number of aliphatic imine (C=N–C) groups is 1. The fraction of sp³-hybridized carbons (Fsp3) is 0.857. The lowest BCUT2D eigenvalue weighted by atomic mass is 9.85. The minimum atomic E-state index is -0.460. The van der Waals surface area contributed by atoms with Crippen molar-refractivity contribution in [3.63, 3.8) is 0 Å². The van der Waals surface area contributed by atoms with Crippen LogP contribution >= 0.6 is 11.8 Å². The highest BCUT2D eigenvalue weighted by Gasteiger charge is 2.30.